The second kappa shape index (κ2) is 10.9. The summed E-state index contributed by atoms with van der Waals surface area (Å²) in [6.07, 6.45) is 5.27. The minimum atomic E-state index is -0.975. The highest BCUT2D eigenvalue weighted by Crippen LogP contribution is 2.41. The minimum absolute atomic E-state index is 0.0974. The number of nitro groups is 1. The van der Waals surface area contributed by atoms with E-state index in [1.807, 2.05) is 29.0 Å². The molecule has 5 rings (SSSR count). The van der Waals surface area contributed by atoms with Crippen LogP contribution in [-0.2, 0) is 32.2 Å². The lowest BCUT2D eigenvalue weighted by atomic mass is 9.75. The number of carbonyl (C=O) groups is 2. The van der Waals surface area contributed by atoms with E-state index >= 15 is 0 Å². The number of aromatic nitrogens is 3. The zero-order chi connectivity index (χ0) is 28.4. The van der Waals surface area contributed by atoms with Gasteiger partial charge in [0.1, 0.15) is 11.4 Å². The molecular formula is C28H25N5O7. The lowest BCUT2D eigenvalue weighted by Crippen LogP contribution is -2.36. The number of hydrogen-bond donors (Lipinski definition) is 0. The fourth-order valence-electron chi connectivity index (χ4n) is 4.90. The number of methoxy groups -OCH3 is 1. The zero-order valence-electron chi connectivity index (χ0n) is 21.9. The molecule has 2 unspecified atom stereocenters. The molecule has 3 heterocycles. The predicted molar refractivity (Wildman–Crippen MR) is 142 cm³/mol. The van der Waals surface area contributed by atoms with Crippen LogP contribution in [0.1, 0.15) is 36.8 Å². The third-order valence-corrected chi connectivity index (χ3v) is 6.69. The number of aliphatic imine (C=N–C) groups is 1. The number of imidazole rings is 1. The maximum absolute atomic E-state index is 13.5. The number of esters is 2. The maximum atomic E-state index is 13.5. The van der Waals surface area contributed by atoms with Gasteiger partial charge in [0.25, 0.3) is 5.69 Å². The van der Waals surface area contributed by atoms with Crippen LogP contribution in [0.15, 0.2) is 81.9 Å². The summed E-state index contributed by atoms with van der Waals surface area (Å²) in [4.78, 5) is 50.1. The van der Waals surface area contributed by atoms with E-state index in [0.29, 0.717) is 34.6 Å². The molecule has 0 fully saturated rings. The number of ether oxygens (including phenoxy) is 2. The summed E-state index contributed by atoms with van der Waals surface area (Å²) in [5.41, 5.74) is 3.19. The number of nitrogens with zero attached hydrogens (tertiary/aromatic N) is 5. The van der Waals surface area contributed by atoms with Crippen LogP contribution in [0.5, 0.6) is 0 Å². The van der Waals surface area contributed by atoms with Crippen LogP contribution >= 0.6 is 0 Å². The number of benzene rings is 2. The topological polar surface area (TPSA) is 152 Å². The third-order valence-electron chi connectivity index (χ3n) is 6.69. The first-order valence-corrected chi connectivity index (χ1v) is 12.3. The van der Waals surface area contributed by atoms with Crippen molar-refractivity contribution in [2.75, 3.05) is 7.11 Å². The van der Waals surface area contributed by atoms with Crippen molar-refractivity contribution in [3.63, 3.8) is 0 Å². The Labute approximate surface area is 228 Å². The van der Waals surface area contributed by atoms with Crippen LogP contribution in [0.2, 0.25) is 0 Å². The van der Waals surface area contributed by atoms with Crippen molar-refractivity contribution < 1.29 is 28.4 Å². The van der Waals surface area contributed by atoms with E-state index in [1.54, 1.807) is 32.4 Å². The van der Waals surface area contributed by atoms with Gasteiger partial charge in [-0.25, -0.2) is 14.8 Å². The molecule has 4 aromatic rings. The quantitative estimate of drug-likeness (QED) is 0.179. The van der Waals surface area contributed by atoms with E-state index in [-0.39, 0.29) is 23.8 Å². The van der Waals surface area contributed by atoms with E-state index in [0.717, 1.165) is 5.56 Å². The zero-order valence-corrected chi connectivity index (χ0v) is 21.9. The van der Waals surface area contributed by atoms with E-state index in [1.165, 1.54) is 25.3 Å². The van der Waals surface area contributed by atoms with E-state index in [9.17, 15) is 19.7 Å². The van der Waals surface area contributed by atoms with E-state index in [2.05, 4.69) is 15.0 Å². The molecule has 1 aliphatic rings. The Morgan fingerprint density at radius 3 is 2.73 bits per heavy atom. The molecule has 2 aromatic carbocycles. The number of non-ortho nitro benzene ring substituents is 1. The van der Waals surface area contributed by atoms with Gasteiger partial charge in [0.15, 0.2) is 12.2 Å². The Kier molecular flexibility index (Phi) is 7.23. The molecule has 1 aliphatic heterocycles. The molecule has 0 spiro atoms. The lowest BCUT2D eigenvalue weighted by Gasteiger charge is -2.31. The predicted octanol–water partition coefficient (Wildman–Crippen LogP) is 4.35. The number of hydrogen-bond acceptors (Lipinski definition) is 10. The maximum Gasteiger partial charge on any atom is 0.337 e. The van der Waals surface area contributed by atoms with Crippen LogP contribution in [0, 0.1) is 16.0 Å². The Hall–Kier alpha value is -5.13. The average molecular weight is 544 g/mol. The molecule has 2 atom stereocenters. The van der Waals surface area contributed by atoms with Crippen molar-refractivity contribution >= 4 is 34.4 Å². The second-order valence-corrected chi connectivity index (χ2v) is 9.30. The van der Waals surface area contributed by atoms with Gasteiger partial charge in [-0.15, -0.1) is 0 Å². The monoisotopic (exact) mass is 543 g/mol. The van der Waals surface area contributed by atoms with Crippen molar-refractivity contribution in [1.82, 2.24) is 14.5 Å². The van der Waals surface area contributed by atoms with Crippen LogP contribution in [0.3, 0.4) is 0 Å². The number of carbonyl (C=O) groups excluding carboxylic acids is 2. The van der Waals surface area contributed by atoms with Crippen LogP contribution in [-0.4, -0.2) is 44.2 Å². The summed E-state index contributed by atoms with van der Waals surface area (Å²) in [5, 5.41) is 11.5. The van der Waals surface area contributed by atoms with Gasteiger partial charge in [0.05, 0.1) is 23.9 Å². The Morgan fingerprint density at radius 1 is 1.18 bits per heavy atom. The van der Waals surface area contributed by atoms with Crippen molar-refractivity contribution in [1.29, 1.82) is 0 Å². The van der Waals surface area contributed by atoms with Gasteiger partial charge in [0.2, 0.25) is 5.89 Å². The fourth-order valence-corrected chi connectivity index (χ4v) is 4.90. The lowest BCUT2D eigenvalue weighted by molar-refractivity contribution is -0.384. The summed E-state index contributed by atoms with van der Waals surface area (Å²) in [6, 6.07) is 11.4. The second-order valence-electron chi connectivity index (χ2n) is 9.30. The molecule has 0 saturated heterocycles. The van der Waals surface area contributed by atoms with Gasteiger partial charge in [-0.2, -0.15) is 0 Å². The number of allylic oxidation sites excluding steroid dienone is 1. The van der Waals surface area contributed by atoms with E-state index < -0.39 is 28.7 Å². The van der Waals surface area contributed by atoms with Gasteiger partial charge in [-0.1, -0.05) is 18.2 Å². The van der Waals surface area contributed by atoms with Crippen LogP contribution in [0.4, 0.5) is 5.69 Å². The molecule has 12 heteroatoms. The summed E-state index contributed by atoms with van der Waals surface area (Å²) >= 11 is 0. The molecule has 0 N–H and O–H groups in total. The number of nitro benzene ring substituents is 1. The number of oxazole rings is 1. The van der Waals surface area contributed by atoms with Gasteiger partial charge in [-0.3, -0.25) is 19.9 Å². The first-order valence-electron chi connectivity index (χ1n) is 12.3. The molecule has 12 nitrogen and oxygen atoms in total. The van der Waals surface area contributed by atoms with Crippen molar-refractivity contribution in [3.05, 3.63) is 99.6 Å². The molecule has 0 aliphatic carbocycles. The van der Waals surface area contributed by atoms with E-state index in [4.69, 9.17) is 13.9 Å². The third kappa shape index (κ3) is 5.23. The van der Waals surface area contributed by atoms with Crippen LogP contribution in [0.25, 0.3) is 11.1 Å². The van der Waals surface area contributed by atoms with Crippen molar-refractivity contribution in [3.8, 4) is 0 Å². The van der Waals surface area contributed by atoms with Crippen molar-refractivity contribution in [2.45, 2.75) is 32.9 Å². The highest BCUT2D eigenvalue weighted by molar-refractivity contribution is 6.07. The average Bonchev–Trinajstić information content (AvgIpc) is 3.60. The molecule has 0 saturated carbocycles. The van der Waals surface area contributed by atoms with Crippen molar-refractivity contribution in [2.24, 2.45) is 10.9 Å². The normalized spacial score (nSPS) is 17.0. The number of fused-ring (bicyclic) bond motifs is 1. The SMILES string of the molecule is COC(=O)C1C(C)=NC(C)=C(C(=O)OCc2nc3ccc(Cn4ccnc4)cc3o2)C1c1cccc([N+](=O)[O-])c1. The standard InChI is InChI=1S/C28H25N5O7/c1-16-24(27(34)38-3)26(19-5-4-6-20(12-19)33(36)37)25(17(2)30-16)28(35)39-14-23-31-21-8-7-18(11-22(21)40-23)13-32-10-9-29-15-32/h4-12,15,24,26H,13-14H2,1-3H3. The largest absolute Gasteiger partial charge is 0.468 e. The summed E-state index contributed by atoms with van der Waals surface area (Å²) in [6.45, 7) is 3.61. The molecule has 0 radical (unpaired) electrons. The summed E-state index contributed by atoms with van der Waals surface area (Å²) in [5.74, 6) is -3.07. The molecule has 40 heavy (non-hydrogen) atoms. The van der Waals surface area contributed by atoms with Gasteiger partial charge in [-0.05, 0) is 37.1 Å². The first kappa shape index (κ1) is 26.5. The first-order chi connectivity index (χ1) is 19.2. The van der Waals surface area contributed by atoms with Gasteiger partial charge < -0.3 is 18.5 Å². The molecule has 2 aromatic heterocycles. The Morgan fingerprint density at radius 2 is 2.00 bits per heavy atom. The number of rotatable bonds is 8. The molecule has 0 bridgehead atoms. The van der Waals surface area contributed by atoms with Gasteiger partial charge >= 0.3 is 11.9 Å². The molecule has 204 valence electrons. The highest BCUT2D eigenvalue weighted by Gasteiger charge is 2.42. The summed E-state index contributed by atoms with van der Waals surface area (Å²) < 4.78 is 18.3. The Balaban J connectivity index is 1.42. The van der Waals surface area contributed by atoms with Crippen LogP contribution < -0.4 is 0 Å². The van der Waals surface area contributed by atoms with Gasteiger partial charge in [0, 0.05) is 48.4 Å². The smallest absolute Gasteiger partial charge is 0.337 e. The summed E-state index contributed by atoms with van der Waals surface area (Å²) in [7, 11) is 1.23. The molecular weight excluding hydrogens is 518 g/mol. The highest BCUT2D eigenvalue weighted by atomic mass is 16.6. The molecule has 0 amide bonds. The fraction of sp³-hybridized carbons (Fsp3) is 0.250. The Bertz CT molecular complexity index is 1670. The minimum Gasteiger partial charge on any atom is -0.468 e.